The number of likely N-dealkylation sites (tertiary alicyclic amines) is 1. The van der Waals surface area contributed by atoms with Crippen molar-refractivity contribution in [3.63, 3.8) is 0 Å². The van der Waals surface area contributed by atoms with E-state index in [-0.39, 0.29) is 0 Å². The van der Waals surface area contributed by atoms with Crippen LogP contribution in [-0.2, 0) is 0 Å². The van der Waals surface area contributed by atoms with Crippen LogP contribution in [0.15, 0.2) is 18.2 Å². The van der Waals surface area contributed by atoms with Gasteiger partial charge in [-0.15, -0.1) is 0 Å². The number of hydrogen-bond acceptors (Lipinski definition) is 4. The van der Waals surface area contributed by atoms with Crippen LogP contribution >= 0.6 is 0 Å². The average Bonchev–Trinajstić information content (AvgIpc) is 2.89. The van der Waals surface area contributed by atoms with Crippen LogP contribution in [0, 0.1) is 5.92 Å². The summed E-state index contributed by atoms with van der Waals surface area (Å²) in [4.78, 5) is 2.54. The highest BCUT2D eigenvalue weighted by atomic mass is 16.6. The summed E-state index contributed by atoms with van der Waals surface area (Å²) < 4.78 is 11.3. The van der Waals surface area contributed by atoms with Gasteiger partial charge in [-0.2, -0.15) is 0 Å². The molecule has 0 aromatic heterocycles. The zero-order valence-corrected chi connectivity index (χ0v) is 12.4. The quantitative estimate of drug-likeness (QED) is 0.912. The molecule has 2 aliphatic rings. The zero-order valence-electron chi connectivity index (χ0n) is 12.4. The Morgan fingerprint density at radius 2 is 2.10 bits per heavy atom. The van der Waals surface area contributed by atoms with Crippen molar-refractivity contribution in [1.82, 2.24) is 10.2 Å². The number of ether oxygens (including phenoxy) is 2. The number of fused-ring (bicyclic) bond motifs is 1. The normalized spacial score (nSPS) is 23.8. The fraction of sp³-hybridized carbons (Fsp3) is 0.625. The van der Waals surface area contributed by atoms with E-state index in [0.717, 1.165) is 24.0 Å². The summed E-state index contributed by atoms with van der Waals surface area (Å²) in [5.74, 6) is 2.57. The summed E-state index contributed by atoms with van der Waals surface area (Å²) in [6, 6.07) is 6.64. The Bertz CT molecular complexity index is 464. The summed E-state index contributed by atoms with van der Waals surface area (Å²) in [5, 5.41) is 3.43. The van der Waals surface area contributed by atoms with E-state index >= 15 is 0 Å². The minimum Gasteiger partial charge on any atom is -0.486 e. The molecule has 3 rings (SSSR count). The van der Waals surface area contributed by atoms with E-state index in [1.165, 1.54) is 25.1 Å². The fourth-order valence-electron chi connectivity index (χ4n) is 3.09. The van der Waals surface area contributed by atoms with Gasteiger partial charge >= 0.3 is 0 Å². The molecule has 2 heterocycles. The predicted molar refractivity (Wildman–Crippen MR) is 79.5 cm³/mol. The van der Waals surface area contributed by atoms with Gasteiger partial charge in [-0.25, -0.2) is 0 Å². The van der Waals surface area contributed by atoms with Crippen molar-refractivity contribution in [2.75, 3.05) is 39.9 Å². The number of benzene rings is 1. The molecule has 0 saturated carbocycles. The van der Waals surface area contributed by atoms with Crippen molar-refractivity contribution in [2.45, 2.75) is 19.4 Å². The van der Waals surface area contributed by atoms with Crippen LogP contribution in [0.2, 0.25) is 0 Å². The van der Waals surface area contributed by atoms with Crippen molar-refractivity contribution in [3.8, 4) is 11.5 Å². The maximum atomic E-state index is 5.68. The van der Waals surface area contributed by atoms with Crippen molar-refractivity contribution in [2.24, 2.45) is 5.92 Å². The molecule has 0 amide bonds. The van der Waals surface area contributed by atoms with Crippen molar-refractivity contribution in [3.05, 3.63) is 23.8 Å². The minimum absolute atomic E-state index is 0.344. The van der Waals surface area contributed by atoms with Crippen LogP contribution in [0.1, 0.15) is 24.9 Å². The zero-order chi connectivity index (χ0) is 13.9. The predicted octanol–water partition coefficient (Wildman–Crippen LogP) is 2.06. The molecule has 2 unspecified atom stereocenters. The first kappa shape index (κ1) is 13.7. The van der Waals surface area contributed by atoms with E-state index in [1.54, 1.807) is 0 Å². The van der Waals surface area contributed by atoms with Gasteiger partial charge in [0.25, 0.3) is 0 Å². The molecule has 0 radical (unpaired) electrons. The van der Waals surface area contributed by atoms with E-state index < -0.39 is 0 Å². The van der Waals surface area contributed by atoms with Crippen LogP contribution in [-0.4, -0.2) is 44.8 Å². The van der Waals surface area contributed by atoms with E-state index in [2.05, 4.69) is 29.3 Å². The third-order valence-corrected chi connectivity index (χ3v) is 4.27. The second-order valence-corrected chi connectivity index (χ2v) is 5.90. The molecule has 0 aliphatic carbocycles. The lowest BCUT2D eigenvalue weighted by Gasteiger charge is -2.25. The lowest BCUT2D eigenvalue weighted by Crippen LogP contribution is -2.32. The molecule has 2 aliphatic heterocycles. The van der Waals surface area contributed by atoms with Gasteiger partial charge < -0.3 is 19.7 Å². The number of rotatable bonds is 4. The van der Waals surface area contributed by atoms with Gasteiger partial charge in [-0.05, 0) is 43.6 Å². The third-order valence-electron chi connectivity index (χ3n) is 4.27. The summed E-state index contributed by atoms with van der Waals surface area (Å²) in [5.41, 5.74) is 1.27. The van der Waals surface area contributed by atoms with Gasteiger partial charge in [0, 0.05) is 19.1 Å². The standard InChI is InChI=1S/C16H24N2O2/c1-12-5-6-18(10-12)11-14(17-2)13-3-4-15-16(9-13)20-8-7-19-15/h3-4,9,12,14,17H,5-8,10-11H2,1-2H3. The summed E-state index contributed by atoms with van der Waals surface area (Å²) >= 11 is 0. The number of nitrogens with one attached hydrogen (secondary N) is 1. The largest absolute Gasteiger partial charge is 0.486 e. The number of hydrogen-bond donors (Lipinski definition) is 1. The smallest absolute Gasteiger partial charge is 0.161 e. The second kappa shape index (κ2) is 6.02. The van der Waals surface area contributed by atoms with E-state index in [1.807, 2.05) is 13.1 Å². The van der Waals surface area contributed by atoms with Gasteiger partial charge in [0.1, 0.15) is 13.2 Å². The van der Waals surface area contributed by atoms with Gasteiger partial charge in [0.2, 0.25) is 0 Å². The molecule has 20 heavy (non-hydrogen) atoms. The molecule has 1 saturated heterocycles. The number of likely N-dealkylation sites (N-methyl/N-ethyl adjacent to an activating group) is 1. The van der Waals surface area contributed by atoms with Crippen molar-refractivity contribution >= 4 is 0 Å². The molecule has 110 valence electrons. The highest BCUT2D eigenvalue weighted by molar-refractivity contribution is 5.44. The molecule has 1 fully saturated rings. The van der Waals surface area contributed by atoms with E-state index in [9.17, 15) is 0 Å². The molecule has 1 aromatic carbocycles. The highest BCUT2D eigenvalue weighted by Crippen LogP contribution is 2.33. The molecular formula is C16H24N2O2. The Hall–Kier alpha value is -1.26. The molecule has 4 nitrogen and oxygen atoms in total. The Kier molecular flexibility index (Phi) is 4.13. The fourth-order valence-corrected chi connectivity index (χ4v) is 3.09. The summed E-state index contributed by atoms with van der Waals surface area (Å²) in [6.07, 6.45) is 1.32. The Labute approximate surface area is 121 Å². The van der Waals surface area contributed by atoms with Crippen LogP contribution in [0.4, 0.5) is 0 Å². The molecule has 1 N–H and O–H groups in total. The van der Waals surface area contributed by atoms with Gasteiger partial charge in [0.15, 0.2) is 11.5 Å². The van der Waals surface area contributed by atoms with Crippen LogP contribution in [0.3, 0.4) is 0 Å². The molecule has 0 bridgehead atoms. The molecule has 1 aromatic rings. The average molecular weight is 276 g/mol. The lowest BCUT2D eigenvalue weighted by molar-refractivity contribution is 0.171. The van der Waals surface area contributed by atoms with Crippen molar-refractivity contribution in [1.29, 1.82) is 0 Å². The number of nitrogens with zero attached hydrogens (tertiary/aromatic N) is 1. The van der Waals surface area contributed by atoms with Crippen molar-refractivity contribution < 1.29 is 9.47 Å². The Morgan fingerprint density at radius 1 is 1.30 bits per heavy atom. The van der Waals surface area contributed by atoms with Gasteiger partial charge in [0.05, 0.1) is 0 Å². The van der Waals surface area contributed by atoms with E-state index in [0.29, 0.717) is 19.3 Å². The third kappa shape index (κ3) is 2.91. The molecule has 4 heteroatoms. The summed E-state index contributed by atoms with van der Waals surface area (Å²) in [7, 11) is 2.03. The second-order valence-electron chi connectivity index (χ2n) is 5.90. The van der Waals surface area contributed by atoms with Gasteiger partial charge in [-0.3, -0.25) is 0 Å². The minimum atomic E-state index is 0.344. The topological polar surface area (TPSA) is 33.7 Å². The highest BCUT2D eigenvalue weighted by Gasteiger charge is 2.23. The first-order valence-corrected chi connectivity index (χ1v) is 7.55. The van der Waals surface area contributed by atoms with E-state index in [4.69, 9.17) is 9.47 Å². The van der Waals surface area contributed by atoms with Crippen LogP contribution in [0.5, 0.6) is 11.5 Å². The first-order chi connectivity index (χ1) is 9.76. The van der Waals surface area contributed by atoms with Crippen LogP contribution < -0.4 is 14.8 Å². The Balaban J connectivity index is 1.72. The lowest BCUT2D eigenvalue weighted by atomic mass is 10.1. The van der Waals surface area contributed by atoms with Gasteiger partial charge in [-0.1, -0.05) is 13.0 Å². The van der Waals surface area contributed by atoms with Crippen LogP contribution in [0.25, 0.3) is 0 Å². The maximum Gasteiger partial charge on any atom is 0.161 e. The molecule has 2 atom stereocenters. The Morgan fingerprint density at radius 3 is 2.80 bits per heavy atom. The molecule has 0 spiro atoms. The summed E-state index contributed by atoms with van der Waals surface area (Å²) in [6.45, 7) is 7.10. The first-order valence-electron chi connectivity index (χ1n) is 7.55. The maximum absolute atomic E-state index is 5.68. The SMILES string of the molecule is CNC(CN1CCC(C)C1)c1ccc2c(c1)OCCO2. The molecular weight excluding hydrogens is 252 g/mol. The monoisotopic (exact) mass is 276 g/mol.